The molecule has 1 aromatic heterocycles. The molecule has 0 spiro atoms. The van der Waals surface area contributed by atoms with Crippen molar-refractivity contribution in [3.8, 4) is 0 Å². The Morgan fingerprint density at radius 1 is 1.34 bits per heavy atom. The van der Waals surface area contributed by atoms with Gasteiger partial charge in [0.2, 0.25) is 16.0 Å². The normalized spacial score (nSPS) is 18.1. The van der Waals surface area contributed by atoms with Crippen molar-refractivity contribution in [2.24, 2.45) is 5.10 Å². The fraction of sp³-hybridized carbons (Fsp3) is 0.333. The van der Waals surface area contributed by atoms with Gasteiger partial charge in [0.15, 0.2) is 0 Å². The smallest absolute Gasteiger partial charge is 0.414 e. The summed E-state index contributed by atoms with van der Waals surface area (Å²) in [6, 6.07) is 4.38. The van der Waals surface area contributed by atoms with E-state index in [9.17, 15) is 18.8 Å². The van der Waals surface area contributed by atoms with Crippen LogP contribution in [-0.2, 0) is 9.53 Å². The lowest BCUT2D eigenvalue weighted by atomic mass is 10.2. The molecular formula is C18H18FN7O5S. The molecule has 32 heavy (non-hydrogen) atoms. The molecule has 4 rings (SSSR count). The van der Waals surface area contributed by atoms with Crippen molar-refractivity contribution in [1.82, 2.24) is 15.5 Å². The predicted octanol–water partition coefficient (Wildman–Crippen LogP) is 1.11. The molecule has 2 aliphatic heterocycles. The van der Waals surface area contributed by atoms with Gasteiger partial charge in [-0.25, -0.2) is 19.0 Å². The lowest BCUT2D eigenvalue weighted by Gasteiger charge is -2.28. The maximum Gasteiger partial charge on any atom is 0.414 e. The van der Waals surface area contributed by atoms with E-state index in [1.807, 2.05) is 0 Å². The summed E-state index contributed by atoms with van der Waals surface area (Å²) < 4.78 is 20.0. The Morgan fingerprint density at radius 3 is 2.78 bits per heavy atom. The zero-order valence-electron chi connectivity index (χ0n) is 16.8. The second-order valence-corrected chi connectivity index (χ2v) is 7.89. The fourth-order valence-electron chi connectivity index (χ4n) is 3.17. The number of carbonyl (C=O) groups excluding carboxylic acids is 2. The Labute approximate surface area is 184 Å². The average molecular weight is 463 g/mol. The molecule has 0 bridgehead atoms. The molecule has 1 aromatic carbocycles. The molecule has 2 aliphatic rings. The van der Waals surface area contributed by atoms with Crippen LogP contribution in [0.3, 0.4) is 0 Å². The highest BCUT2D eigenvalue weighted by atomic mass is 32.1. The SMILES string of the molecule is CC(=O)NC[C@H]1CN(c2ccc(N3C=NN(c4nnc(C(=O)O)s4)CC3)c(F)c2)C(=O)O1. The quantitative estimate of drug-likeness (QED) is 0.644. The molecule has 14 heteroatoms. The molecule has 1 saturated heterocycles. The van der Waals surface area contributed by atoms with E-state index >= 15 is 0 Å². The Morgan fingerprint density at radius 2 is 2.16 bits per heavy atom. The number of aromatic carboxylic acids is 1. The van der Waals surface area contributed by atoms with Crippen molar-refractivity contribution < 1.29 is 28.6 Å². The summed E-state index contributed by atoms with van der Waals surface area (Å²) >= 11 is 0.894. The van der Waals surface area contributed by atoms with Gasteiger partial charge in [-0.3, -0.25) is 9.69 Å². The summed E-state index contributed by atoms with van der Waals surface area (Å²) in [6.45, 7) is 2.45. The molecule has 0 saturated carbocycles. The zero-order valence-corrected chi connectivity index (χ0v) is 17.6. The van der Waals surface area contributed by atoms with Crippen molar-refractivity contribution >= 4 is 52.2 Å². The van der Waals surface area contributed by atoms with Crippen molar-refractivity contribution in [2.45, 2.75) is 13.0 Å². The molecule has 168 valence electrons. The van der Waals surface area contributed by atoms with Crippen molar-refractivity contribution in [3.63, 3.8) is 0 Å². The molecule has 2 N–H and O–H groups in total. The first kappa shape index (κ1) is 21.4. The van der Waals surface area contributed by atoms with Crippen LogP contribution in [0.1, 0.15) is 16.7 Å². The largest absolute Gasteiger partial charge is 0.476 e. The third kappa shape index (κ3) is 4.44. The van der Waals surface area contributed by atoms with E-state index in [4.69, 9.17) is 9.84 Å². The van der Waals surface area contributed by atoms with Gasteiger partial charge >= 0.3 is 12.1 Å². The van der Waals surface area contributed by atoms with Crippen LogP contribution in [-0.4, -0.2) is 71.9 Å². The Hall–Kier alpha value is -3.81. The molecule has 12 nitrogen and oxygen atoms in total. The Bertz CT molecular complexity index is 1090. The second kappa shape index (κ2) is 8.74. The van der Waals surface area contributed by atoms with E-state index in [0.29, 0.717) is 23.9 Å². The minimum Gasteiger partial charge on any atom is -0.476 e. The third-order valence-corrected chi connectivity index (χ3v) is 5.63. The van der Waals surface area contributed by atoms with Crippen LogP contribution in [0.15, 0.2) is 23.3 Å². The topological polar surface area (TPSA) is 141 Å². The molecule has 1 atom stereocenters. The van der Waals surface area contributed by atoms with Crippen LogP contribution >= 0.6 is 11.3 Å². The summed E-state index contributed by atoms with van der Waals surface area (Å²) in [6.07, 6.45) is 0.286. The molecular weight excluding hydrogens is 445 g/mol. The summed E-state index contributed by atoms with van der Waals surface area (Å²) in [5, 5.41) is 24.8. The maximum absolute atomic E-state index is 14.8. The van der Waals surface area contributed by atoms with Gasteiger partial charge in [0.05, 0.1) is 31.0 Å². The van der Waals surface area contributed by atoms with E-state index in [1.165, 1.54) is 35.3 Å². The highest BCUT2D eigenvalue weighted by Crippen LogP contribution is 2.29. The number of hydrogen-bond donors (Lipinski definition) is 2. The average Bonchev–Trinajstić information content (AvgIpc) is 3.39. The molecule has 1 fully saturated rings. The van der Waals surface area contributed by atoms with Gasteiger partial charge in [0.1, 0.15) is 18.3 Å². The number of hydrazone groups is 1. The number of nitrogens with one attached hydrogen (secondary N) is 1. The molecule has 0 radical (unpaired) electrons. The molecule has 2 amide bonds. The van der Waals surface area contributed by atoms with Gasteiger partial charge < -0.3 is 20.1 Å². The number of anilines is 3. The monoisotopic (exact) mass is 463 g/mol. The number of cyclic esters (lactones) is 1. The number of carboxylic acids is 1. The standard InChI is InChI=1S/C18H18FN7O5S/c1-10(27)20-7-12-8-25(18(30)31-12)11-2-3-14(13(19)6-11)24-4-5-26(21-9-24)17-23-22-15(32-17)16(28)29/h2-3,6,9,12H,4-5,7-8H2,1H3,(H,20,27)(H,28,29)/t12-/m0/s1. The summed E-state index contributed by atoms with van der Waals surface area (Å²) in [4.78, 5) is 37.0. The number of nitrogens with zero attached hydrogens (tertiary/aromatic N) is 6. The van der Waals surface area contributed by atoms with E-state index < -0.39 is 24.0 Å². The lowest BCUT2D eigenvalue weighted by molar-refractivity contribution is -0.119. The van der Waals surface area contributed by atoms with Gasteiger partial charge in [-0.05, 0) is 18.2 Å². The van der Waals surface area contributed by atoms with E-state index in [2.05, 4.69) is 20.6 Å². The molecule has 2 aromatic rings. The number of carbonyl (C=O) groups is 3. The number of halogens is 1. The molecule has 0 aliphatic carbocycles. The summed E-state index contributed by atoms with van der Waals surface area (Å²) in [7, 11) is 0. The van der Waals surface area contributed by atoms with Crippen molar-refractivity contribution in [2.75, 3.05) is 41.0 Å². The first-order valence-corrected chi connectivity index (χ1v) is 10.3. The first-order valence-electron chi connectivity index (χ1n) is 9.49. The molecule has 0 unspecified atom stereocenters. The number of aromatic nitrogens is 2. The van der Waals surface area contributed by atoms with Crippen LogP contribution < -0.4 is 20.1 Å². The van der Waals surface area contributed by atoms with Crippen LogP contribution in [0.25, 0.3) is 0 Å². The van der Waals surface area contributed by atoms with Gasteiger partial charge in [0, 0.05) is 13.5 Å². The van der Waals surface area contributed by atoms with Crippen LogP contribution in [0.2, 0.25) is 0 Å². The molecule has 3 heterocycles. The van der Waals surface area contributed by atoms with Crippen LogP contribution in [0, 0.1) is 5.82 Å². The second-order valence-electron chi connectivity index (χ2n) is 6.93. The van der Waals surface area contributed by atoms with E-state index in [1.54, 1.807) is 11.0 Å². The van der Waals surface area contributed by atoms with E-state index in [0.717, 1.165) is 11.3 Å². The van der Waals surface area contributed by atoms with Crippen LogP contribution in [0.5, 0.6) is 0 Å². The maximum atomic E-state index is 14.8. The van der Waals surface area contributed by atoms with Crippen LogP contribution in [0.4, 0.5) is 25.7 Å². The number of rotatable bonds is 6. The number of benzene rings is 1. The van der Waals surface area contributed by atoms with Gasteiger partial charge in [-0.1, -0.05) is 11.3 Å². The minimum atomic E-state index is -1.16. The number of amides is 2. The van der Waals surface area contributed by atoms with Gasteiger partial charge in [-0.2, -0.15) is 5.10 Å². The summed E-state index contributed by atoms with van der Waals surface area (Å²) in [5.41, 5.74) is 0.607. The van der Waals surface area contributed by atoms with Gasteiger partial charge in [-0.15, -0.1) is 10.2 Å². The minimum absolute atomic E-state index is 0.140. The van der Waals surface area contributed by atoms with Gasteiger partial charge in [0.25, 0.3) is 0 Å². The lowest BCUT2D eigenvalue weighted by Crippen LogP contribution is -2.38. The van der Waals surface area contributed by atoms with Crippen molar-refractivity contribution in [3.05, 3.63) is 29.0 Å². The fourth-order valence-corrected chi connectivity index (χ4v) is 3.84. The Balaban J connectivity index is 1.43. The highest BCUT2D eigenvalue weighted by Gasteiger charge is 2.33. The zero-order chi connectivity index (χ0) is 22.8. The highest BCUT2D eigenvalue weighted by molar-refractivity contribution is 7.17. The Kier molecular flexibility index (Phi) is 5.85. The van der Waals surface area contributed by atoms with E-state index in [-0.39, 0.29) is 29.7 Å². The van der Waals surface area contributed by atoms with Crippen molar-refractivity contribution in [1.29, 1.82) is 0 Å². The number of ether oxygens (including phenoxy) is 1. The third-order valence-electron chi connectivity index (χ3n) is 4.71. The number of carboxylic acid groups (broad SMARTS) is 1. The predicted molar refractivity (Wildman–Crippen MR) is 113 cm³/mol. The first-order chi connectivity index (χ1) is 15.3. The number of hydrogen-bond acceptors (Lipinski definition) is 10. The summed E-state index contributed by atoms with van der Waals surface area (Å²) in [5.74, 6) is -1.95.